The van der Waals surface area contributed by atoms with Gasteiger partial charge in [-0.25, -0.2) is 9.37 Å². The SMILES string of the molecule is Cc1nc2c(cc1C(=O)N1CCN(Cc3ccc(-c4cccc(F)c4)s3)CC1)c(C)nn2C. The maximum absolute atomic E-state index is 13.5. The smallest absolute Gasteiger partial charge is 0.255 e. The summed E-state index contributed by atoms with van der Waals surface area (Å²) in [7, 11) is 1.87. The zero-order valence-electron chi connectivity index (χ0n) is 19.0. The summed E-state index contributed by atoms with van der Waals surface area (Å²) in [5.41, 5.74) is 3.99. The number of thiophene rings is 1. The van der Waals surface area contributed by atoms with Crippen molar-refractivity contribution in [1.82, 2.24) is 24.6 Å². The highest BCUT2D eigenvalue weighted by molar-refractivity contribution is 7.15. The van der Waals surface area contributed by atoms with Crippen LogP contribution in [0.2, 0.25) is 0 Å². The minimum atomic E-state index is -0.216. The Hall–Kier alpha value is -3.10. The third-order valence-corrected chi connectivity index (χ3v) is 7.35. The van der Waals surface area contributed by atoms with Gasteiger partial charge in [0.1, 0.15) is 5.82 Å². The minimum absolute atomic E-state index is 0.0364. The molecule has 6 nitrogen and oxygen atoms in total. The maximum atomic E-state index is 13.5. The van der Waals surface area contributed by atoms with Gasteiger partial charge in [0.2, 0.25) is 0 Å². The van der Waals surface area contributed by atoms with E-state index in [0.717, 1.165) is 52.5 Å². The molecule has 0 bridgehead atoms. The number of hydrogen-bond donors (Lipinski definition) is 0. The normalized spacial score (nSPS) is 14.8. The van der Waals surface area contributed by atoms with Crippen molar-refractivity contribution in [3.05, 3.63) is 70.1 Å². The standard InChI is InChI=1S/C25H26FN5OS/c1-16-22(14-21-17(2)28-29(3)24(21)27-16)25(32)31-11-9-30(10-12-31)15-20-7-8-23(33-20)18-5-4-6-19(26)13-18/h4-8,13-14H,9-12,15H2,1-3H3. The summed E-state index contributed by atoms with van der Waals surface area (Å²) in [6.07, 6.45) is 0. The molecule has 0 unspecified atom stereocenters. The second-order valence-corrected chi connectivity index (χ2v) is 9.71. The predicted molar refractivity (Wildman–Crippen MR) is 129 cm³/mol. The first-order valence-electron chi connectivity index (χ1n) is 11.1. The van der Waals surface area contributed by atoms with E-state index in [1.807, 2.05) is 37.9 Å². The molecule has 8 heteroatoms. The molecule has 1 amide bonds. The summed E-state index contributed by atoms with van der Waals surface area (Å²) in [4.78, 5) is 24.5. The summed E-state index contributed by atoms with van der Waals surface area (Å²) in [6, 6.07) is 12.8. The van der Waals surface area contributed by atoms with Gasteiger partial charge in [-0.2, -0.15) is 5.10 Å². The molecule has 3 aromatic heterocycles. The van der Waals surface area contributed by atoms with Crippen molar-refractivity contribution in [1.29, 1.82) is 0 Å². The number of rotatable bonds is 4. The maximum Gasteiger partial charge on any atom is 0.255 e. The number of piperazine rings is 1. The number of halogens is 1. The van der Waals surface area contributed by atoms with Gasteiger partial charge in [0.05, 0.1) is 17.0 Å². The monoisotopic (exact) mass is 463 g/mol. The first-order chi connectivity index (χ1) is 15.9. The average molecular weight is 464 g/mol. The van der Waals surface area contributed by atoms with E-state index in [0.29, 0.717) is 18.7 Å². The largest absolute Gasteiger partial charge is 0.336 e. The number of nitrogens with zero attached hydrogens (tertiary/aromatic N) is 5. The number of aryl methyl sites for hydroxylation is 3. The van der Waals surface area contributed by atoms with E-state index >= 15 is 0 Å². The van der Waals surface area contributed by atoms with E-state index in [9.17, 15) is 9.18 Å². The van der Waals surface area contributed by atoms with Crippen LogP contribution in [-0.4, -0.2) is 56.7 Å². The van der Waals surface area contributed by atoms with Gasteiger partial charge in [-0.3, -0.25) is 14.4 Å². The van der Waals surface area contributed by atoms with Gasteiger partial charge in [-0.15, -0.1) is 11.3 Å². The van der Waals surface area contributed by atoms with Crippen LogP contribution in [0.5, 0.6) is 0 Å². The molecule has 1 saturated heterocycles. The zero-order valence-corrected chi connectivity index (χ0v) is 19.8. The molecule has 0 radical (unpaired) electrons. The lowest BCUT2D eigenvalue weighted by Crippen LogP contribution is -2.48. The van der Waals surface area contributed by atoms with E-state index in [2.05, 4.69) is 27.1 Å². The van der Waals surface area contributed by atoms with Crippen molar-refractivity contribution < 1.29 is 9.18 Å². The summed E-state index contributed by atoms with van der Waals surface area (Å²) >= 11 is 1.69. The molecule has 0 N–H and O–H groups in total. The van der Waals surface area contributed by atoms with Crippen LogP contribution in [0.1, 0.15) is 26.6 Å². The molecule has 0 spiro atoms. The number of aromatic nitrogens is 3. The molecule has 0 aliphatic carbocycles. The summed E-state index contributed by atoms with van der Waals surface area (Å²) in [5, 5.41) is 5.35. The van der Waals surface area contributed by atoms with Crippen LogP contribution in [0.3, 0.4) is 0 Å². The number of amides is 1. The van der Waals surface area contributed by atoms with Crippen LogP contribution in [0, 0.1) is 19.7 Å². The fourth-order valence-corrected chi connectivity index (χ4v) is 5.45. The van der Waals surface area contributed by atoms with Crippen molar-refractivity contribution in [3.8, 4) is 10.4 Å². The average Bonchev–Trinajstić information content (AvgIpc) is 3.37. The van der Waals surface area contributed by atoms with Gasteiger partial charge in [-0.05, 0) is 49.7 Å². The van der Waals surface area contributed by atoms with Crippen molar-refractivity contribution >= 4 is 28.3 Å². The minimum Gasteiger partial charge on any atom is -0.336 e. The predicted octanol–water partition coefficient (Wildman–Crippen LogP) is 4.41. The van der Waals surface area contributed by atoms with E-state index in [4.69, 9.17) is 0 Å². The molecule has 4 aromatic rings. The van der Waals surface area contributed by atoms with Gasteiger partial charge in [0.15, 0.2) is 5.65 Å². The third kappa shape index (κ3) is 4.28. The molecule has 5 rings (SSSR count). The molecule has 170 valence electrons. The number of benzene rings is 1. The van der Waals surface area contributed by atoms with Crippen LogP contribution < -0.4 is 0 Å². The Morgan fingerprint density at radius 2 is 1.85 bits per heavy atom. The first kappa shape index (κ1) is 21.7. The van der Waals surface area contributed by atoms with Crippen molar-refractivity contribution in [3.63, 3.8) is 0 Å². The molecule has 0 atom stereocenters. The molecule has 33 heavy (non-hydrogen) atoms. The van der Waals surface area contributed by atoms with Gasteiger partial charge >= 0.3 is 0 Å². The molecule has 1 aliphatic rings. The number of hydrogen-bond acceptors (Lipinski definition) is 5. The topological polar surface area (TPSA) is 54.3 Å². The molecule has 4 heterocycles. The van der Waals surface area contributed by atoms with Gasteiger partial charge < -0.3 is 4.90 Å². The second kappa shape index (κ2) is 8.68. The van der Waals surface area contributed by atoms with Crippen LogP contribution >= 0.6 is 11.3 Å². The fourth-order valence-electron chi connectivity index (χ4n) is 4.41. The highest BCUT2D eigenvalue weighted by atomic mass is 32.1. The van der Waals surface area contributed by atoms with Crippen molar-refractivity contribution in [2.24, 2.45) is 7.05 Å². The van der Waals surface area contributed by atoms with Gasteiger partial charge in [0.25, 0.3) is 5.91 Å². The van der Waals surface area contributed by atoms with Crippen LogP contribution in [-0.2, 0) is 13.6 Å². The second-order valence-electron chi connectivity index (χ2n) is 8.55. The summed E-state index contributed by atoms with van der Waals surface area (Å²) in [5.74, 6) is -0.180. The number of carbonyl (C=O) groups is 1. The summed E-state index contributed by atoms with van der Waals surface area (Å²) < 4.78 is 15.3. The fraction of sp³-hybridized carbons (Fsp3) is 0.320. The van der Waals surface area contributed by atoms with Crippen molar-refractivity contribution in [2.75, 3.05) is 26.2 Å². The Morgan fingerprint density at radius 3 is 2.61 bits per heavy atom. The van der Waals surface area contributed by atoms with Gasteiger partial charge in [0, 0.05) is 54.9 Å². The van der Waals surface area contributed by atoms with Crippen LogP contribution in [0.25, 0.3) is 21.5 Å². The Kier molecular flexibility index (Phi) is 5.72. The first-order valence-corrected chi connectivity index (χ1v) is 11.9. The molecular formula is C25H26FN5OS. The molecule has 0 saturated carbocycles. The summed E-state index contributed by atoms with van der Waals surface area (Å²) in [6.45, 7) is 7.67. The Labute approximate surface area is 196 Å². The Bertz CT molecular complexity index is 1340. The quantitative estimate of drug-likeness (QED) is 0.450. The molecule has 1 aromatic carbocycles. The number of carbonyl (C=O) groups excluding carboxylic acids is 1. The Balaban J connectivity index is 1.23. The molecule has 1 fully saturated rings. The lowest BCUT2D eigenvalue weighted by atomic mass is 10.1. The Morgan fingerprint density at radius 1 is 1.06 bits per heavy atom. The van der Waals surface area contributed by atoms with E-state index < -0.39 is 0 Å². The van der Waals surface area contributed by atoms with E-state index in [1.54, 1.807) is 28.2 Å². The van der Waals surface area contributed by atoms with Gasteiger partial charge in [-0.1, -0.05) is 12.1 Å². The lowest BCUT2D eigenvalue weighted by molar-refractivity contribution is 0.0628. The van der Waals surface area contributed by atoms with E-state index in [-0.39, 0.29) is 11.7 Å². The molecule has 1 aliphatic heterocycles. The highest BCUT2D eigenvalue weighted by Gasteiger charge is 2.25. The molecular weight excluding hydrogens is 437 g/mol. The highest BCUT2D eigenvalue weighted by Crippen LogP contribution is 2.29. The van der Waals surface area contributed by atoms with Crippen molar-refractivity contribution in [2.45, 2.75) is 20.4 Å². The zero-order chi connectivity index (χ0) is 23.1. The third-order valence-electron chi connectivity index (χ3n) is 6.23. The number of fused-ring (bicyclic) bond motifs is 1. The van der Waals surface area contributed by atoms with Crippen LogP contribution in [0.4, 0.5) is 4.39 Å². The number of pyridine rings is 1. The van der Waals surface area contributed by atoms with Crippen LogP contribution in [0.15, 0.2) is 42.5 Å². The van der Waals surface area contributed by atoms with E-state index in [1.165, 1.54) is 10.9 Å². The lowest BCUT2D eigenvalue weighted by Gasteiger charge is -2.34.